The first-order chi connectivity index (χ1) is 5.41. The standard InChI is InChI=1S/C8H12.CH3O.Rh/c1-2-4-6-8-7-5-3-1;1-2;/h1-2,7-8H,3-6H2;1H3;/q;-1;+1/b2-1-,8-7-;;. The molecule has 1 rings (SSSR count). The molecule has 0 atom stereocenters. The van der Waals surface area contributed by atoms with E-state index in [1.54, 1.807) is 7.11 Å². The van der Waals surface area contributed by atoms with Crippen LogP contribution in [-0.2, 0) is 22.2 Å². The summed E-state index contributed by atoms with van der Waals surface area (Å²) in [5.74, 6) is 0. The fourth-order valence-electron chi connectivity index (χ4n) is 0.856. The molecule has 0 bridgehead atoms. The van der Waals surface area contributed by atoms with Crippen LogP contribution in [0.15, 0.2) is 24.3 Å². The predicted octanol–water partition coefficient (Wildman–Crippen LogP) is 2.77. The molecule has 0 N–H and O–H groups in total. The second-order valence-corrected chi connectivity index (χ2v) is 2.90. The van der Waals surface area contributed by atoms with Gasteiger partial charge in [-0.05, 0) is 25.7 Å². The molecule has 0 aromatic heterocycles. The summed E-state index contributed by atoms with van der Waals surface area (Å²) in [5, 5.41) is 0. The Morgan fingerprint density at radius 1 is 0.909 bits per heavy atom. The molecule has 0 radical (unpaired) electrons. The second-order valence-electron chi connectivity index (χ2n) is 2.23. The van der Waals surface area contributed by atoms with E-state index in [9.17, 15) is 0 Å². The molecule has 1 nitrogen and oxygen atoms in total. The fourth-order valence-corrected chi connectivity index (χ4v) is 0.856. The summed E-state index contributed by atoms with van der Waals surface area (Å²) >= 11 is 2.22. The Labute approximate surface area is 79.6 Å². The normalized spacial score (nSPS) is 22.1. The minimum absolute atomic E-state index is 1.23. The van der Waals surface area contributed by atoms with Crippen LogP contribution in [0.2, 0.25) is 0 Å². The van der Waals surface area contributed by atoms with Crippen LogP contribution in [0.4, 0.5) is 0 Å². The summed E-state index contributed by atoms with van der Waals surface area (Å²) in [6, 6.07) is 0. The Balaban J connectivity index is 0.000000292. The van der Waals surface area contributed by atoms with Crippen LogP contribution >= 0.6 is 0 Å². The maximum absolute atomic E-state index is 4.14. The van der Waals surface area contributed by atoms with Gasteiger partial charge in [-0.2, -0.15) is 0 Å². The van der Waals surface area contributed by atoms with Gasteiger partial charge >= 0.3 is 29.3 Å². The molecule has 0 unspecified atom stereocenters. The van der Waals surface area contributed by atoms with Crippen molar-refractivity contribution in [1.29, 1.82) is 0 Å². The summed E-state index contributed by atoms with van der Waals surface area (Å²) in [6.45, 7) is 0. The van der Waals surface area contributed by atoms with Gasteiger partial charge in [0.1, 0.15) is 0 Å². The SMILES string of the molecule is C1=C\CC/C=C\CC/1.C[O][Rh]. The zero-order valence-electron chi connectivity index (χ0n) is 6.88. The Morgan fingerprint density at radius 2 is 1.09 bits per heavy atom. The van der Waals surface area contributed by atoms with Crippen LogP contribution in [0, 0.1) is 0 Å². The Kier molecular flexibility index (Phi) is 10.1. The van der Waals surface area contributed by atoms with Gasteiger partial charge in [0, 0.05) is 0 Å². The van der Waals surface area contributed by atoms with E-state index in [0.717, 1.165) is 0 Å². The molecule has 66 valence electrons. The molecule has 0 saturated carbocycles. The van der Waals surface area contributed by atoms with Gasteiger partial charge in [-0.25, -0.2) is 0 Å². The van der Waals surface area contributed by atoms with Gasteiger partial charge in [-0.1, -0.05) is 24.3 Å². The number of allylic oxidation sites excluding steroid dienone is 4. The molecule has 0 fully saturated rings. The van der Waals surface area contributed by atoms with Gasteiger partial charge in [0.2, 0.25) is 0 Å². The molecule has 1 aliphatic carbocycles. The van der Waals surface area contributed by atoms with Crippen LogP contribution in [0.5, 0.6) is 0 Å². The monoisotopic (exact) mass is 242 g/mol. The van der Waals surface area contributed by atoms with Crippen molar-refractivity contribution in [2.75, 3.05) is 7.11 Å². The van der Waals surface area contributed by atoms with Gasteiger partial charge in [-0.15, -0.1) is 0 Å². The zero-order chi connectivity index (χ0) is 8.36. The first-order valence-electron chi connectivity index (χ1n) is 3.84. The molecule has 0 aromatic carbocycles. The zero-order valence-corrected chi connectivity index (χ0v) is 8.52. The maximum atomic E-state index is 4.14. The summed E-state index contributed by atoms with van der Waals surface area (Å²) in [6.07, 6.45) is 14.0. The quantitative estimate of drug-likeness (QED) is 0.468. The van der Waals surface area contributed by atoms with E-state index in [1.807, 2.05) is 0 Å². The summed E-state index contributed by atoms with van der Waals surface area (Å²) in [4.78, 5) is 0. The molecule has 2 heteroatoms. The van der Waals surface area contributed by atoms with E-state index in [2.05, 4.69) is 46.5 Å². The Bertz CT molecular complexity index is 92.7. The van der Waals surface area contributed by atoms with Gasteiger partial charge in [0.05, 0.1) is 0 Å². The first kappa shape index (κ1) is 11.1. The summed E-state index contributed by atoms with van der Waals surface area (Å²) in [5.41, 5.74) is 0. The van der Waals surface area contributed by atoms with E-state index in [4.69, 9.17) is 0 Å². The van der Waals surface area contributed by atoms with E-state index in [-0.39, 0.29) is 0 Å². The summed E-state index contributed by atoms with van der Waals surface area (Å²) < 4.78 is 4.14. The molecule has 0 amide bonds. The van der Waals surface area contributed by atoms with Crippen LogP contribution in [0.25, 0.3) is 0 Å². The third-order valence-corrected chi connectivity index (χ3v) is 1.33. The van der Waals surface area contributed by atoms with Gasteiger partial charge in [0.15, 0.2) is 0 Å². The number of rotatable bonds is 0. The van der Waals surface area contributed by atoms with Crippen LogP contribution < -0.4 is 0 Å². The van der Waals surface area contributed by atoms with Crippen molar-refractivity contribution in [2.45, 2.75) is 25.7 Å². The van der Waals surface area contributed by atoms with Crippen molar-refractivity contribution < 1.29 is 22.2 Å². The topological polar surface area (TPSA) is 9.23 Å². The molecule has 0 saturated heterocycles. The second kappa shape index (κ2) is 10.1. The van der Waals surface area contributed by atoms with Crippen molar-refractivity contribution in [3.63, 3.8) is 0 Å². The fraction of sp³-hybridized carbons (Fsp3) is 0.556. The Hall–Kier alpha value is 0.0634. The van der Waals surface area contributed by atoms with Crippen LogP contribution in [0.3, 0.4) is 0 Å². The predicted molar refractivity (Wildman–Crippen MR) is 43.8 cm³/mol. The van der Waals surface area contributed by atoms with Crippen LogP contribution in [-0.4, -0.2) is 7.11 Å². The van der Waals surface area contributed by atoms with Crippen LogP contribution in [0.1, 0.15) is 25.7 Å². The average molecular weight is 242 g/mol. The van der Waals surface area contributed by atoms with Crippen molar-refractivity contribution in [1.82, 2.24) is 0 Å². The molecular weight excluding hydrogens is 227 g/mol. The average Bonchev–Trinajstić information content (AvgIpc) is 1.86. The number of hydrogen-bond acceptors (Lipinski definition) is 1. The minimum atomic E-state index is 1.23. The van der Waals surface area contributed by atoms with Crippen molar-refractivity contribution in [2.24, 2.45) is 0 Å². The molecule has 0 aromatic rings. The van der Waals surface area contributed by atoms with Crippen molar-refractivity contribution in [3.05, 3.63) is 24.3 Å². The van der Waals surface area contributed by atoms with E-state index in [0.29, 0.717) is 0 Å². The third-order valence-electron chi connectivity index (χ3n) is 1.33. The Morgan fingerprint density at radius 3 is 1.27 bits per heavy atom. The molecule has 0 heterocycles. The van der Waals surface area contributed by atoms with Crippen molar-refractivity contribution >= 4 is 0 Å². The van der Waals surface area contributed by atoms with E-state index in [1.165, 1.54) is 25.7 Å². The van der Waals surface area contributed by atoms with Gasteiger partial charge < -0.3 is 0 Å². The van der Waals surface area contributed by atoms with E-state index < -0.39 is 0 Å². The van der Waals surface area contributed by atoms with E-state index >= 15 is 0 Å². The molecule has 1 aliphatic rings. The first-order valence-corrected chi connectivity index (χ1v) is 4.51. The molecule has 11 heavy (non-hydrogen) atoms. The molecule has 0 spiro atoms. The van der Waals surface area contributed by atoms with Crippen molar-refractivity contribution in [3.8, 4) is 0 Å². The van der Waals surface area contributed by atoms with Gasteiger partial charge in [-0.3, -0.25) is 0 Å². The molecule has 0 aliphatic heterocycles. The van der Waals surface area contributed by atoms with Gasteiger partial charge in [0.25, 0.3) is 0 Å². The summed E-state index contributed by atoms with van der Waals surface area (Å²) in [7, 11) is 1.58. The third kappa shape index (κ3) is 10.1. The molecular formula is C9H15ORh. The number of hydrogen-bond donors (Lipinski definition) is 0.